The molecule has 2 heterocycles. The van der Waals surface area contributed by atoms with Gasteiger partial charge in [-0.1, -0.05) is 12.2 Å². The van der Waals surface area contributed by atoms with Crippen LogP contribution in [0.4, 0.5) is 0 Å². The summed E-state index contributed by atoms with van der Waals surface area (Å²) in [6, 6.07) is 3.89. The topological polar surface area (TPSA) is 57.8 Å². The number of aromatic nitrogens is 2. The van der Waals surface area contributed by atoms with Crippen LogP contribution >= 0.6 is 0 Å². The molecule has 0 saturated carbocycles. The molecule has 20 heavy (non-hydrogen) atoms. The predicted octanol–water partition coefficient (Wildman–Crippen LogP) is 2.72. The Morgan fingerprint density at radius 3 is 3.20 bits per heavy atom. The van der Waals surface area contributed by atoms with E-state index in [1.54, 1.807) is 6.20 Å². The van der Waals surface area contributed by atoms with Gasteiger partial charge in [0.1, 0.15) is 5.65 Å². The van der Waals surface area contributed by atoms with E-state index in [0.717, 1.165) is 35.9 Å². The van der Waals surface area contributed by atoms with Gasteiger partial charge in [0, 0.05) is 23.3 Å². The SMILES string of the molecule is CC1(NC(=O)Cc2c[nH]c3ncccc23)CC=CCC1. The maximum Gasteiger partial charge on any atom is 0.224 e. The first-order valence-electron chi connectivity index (χ1n) is 7.03. The zero-order valence-electron chi connectivity index (χ0n) is 11.6. The molecule has 1 atom stereocenters. The maximum atomic E-state index is 12.3. The summed E-state index contributed by atoms with van der Waals surface area (Å²) in [5.41, 5.74) is 1.73. The zero-order chi connectivity index (χ0) is 14.0. The quantitative estimate of drug-likeness (QED) is 0.842. The third kappa shape index (κ3) is 2.59. The Morgan fingerprint density at radius 2 is 2.40 bits per heavy atom. The monoisotopic (exact) mass is 269 g/mol. The first-order chi connectivity index (χ1) is 9.66. The number of fused-ring (bicyclic) bond motifs is 1. The normalized spacial score (nSPS) is 22.1. The average Bonchev–Trinajstić information content (AvgIpc) is 2.82. The van der Waals surface area contributed by atoms with Crippen molar-refractivity contribution < 1.29 is 4.79 Å². The number of hydrogen-bond acceptors (Lipinski definition) is 2. The molecule has 1 unspecified atom stereocenters. The molecular weight excluding hydrogens is 250 g/mol. The fourth-order valence-corrected chi connectivity index (χ4v) is 2.79. The molecule has 4 nitrogen and oxygen atoms in total. The minimum Gasteiger partial charge on any atom is -0.350 e. The van der Waals surface area contributed by atoms with Gasteiger partial charge in [-0.25, -0.2) is 4.98 Å². The first kappa shape index (κ1) is 12.9. The summed E-state index contributed by atoms with van der Waals surface area (Å²) >= 11 is 0. The molecule has 1 amide bonds. The summed E-state index contributed by atoms with van der Waals surface area (Å²) in [6.45, 7) is 2.12. The van der Waals surface area contributed by atoms with E-state index < -0.39 is 0 Å². The molecular formula is C16H19N3O. The lowest BCUT2D eigenvalue weighted by Crippen LogP contribution is -2.46. The minimum absolute atomic E-state index is 0.0764. The molecule has 2 N–H and O–H groups in total. The summed E-state index contributed by atoms with van der Waals surface area (Å²) in [6.07, 6.45) is 11.3. The highest BCUT2D eigenvalue weighted by Gasteiger charge is 2.26. The summed E-state index contributed by atoms with van der Waals surface area (Å²) < 4.78 is 0. The first-order valence-corrected chi connectivity index (χ1v) is 7.03. The van der Waals surface area contributed by atoms with E-state index in [2.05, 4.69) is 34.4 Å². The zero-order valence-corrected chi connectivity index (χ0v) is 11.6. The van der Waals surface area contributed by atoms with Crippen LogP contribution in [0, 0.1) is 0 Å². The summed E-state index contributed by atoms with van der Waals surface area (Å²) in [4.78, 5) is 19.6. The Balaban J connectivity index is 1.71. The fourth-order valence-electron chi connectivity index (χ4n) is 2.79. The highest BCUT2D eigenvalue weighted by Crippen LogP contribution is 2.23. The Bertz CT molecular complexity index is 659. The average molecular weight is 269 g/mol. The van der Waals surface area contributed by atoms with Gasteiger partial charge in [-0.15, -0.1) is 0 Å². The lowest BCUT2D eigenvalue weighted by Gasteiger charge is -2.32. The highest BCUT2D eigenvalue weighted by atomic mass is 16.1. The van der Waals surface area contributed by atoms with Crippen LogP contribution in [0.15, 0.2) is 36.7 Å². The smallest absolute Gasteiger partial charge is 0.224 e. The summed E-state index contributed by atoms with van der Waals surface area (Å²) in [5, 5.41) is 4.20. The van der Waals surface area contributed by atoms with Crippen LogP contribution in [0.25, 0.3) is 11.0 Å². The van der Waals surface area contributed by atoms with E-state index in [4.69, 9.17) is 0 Å². The number of nitrogens with zero attached hydrogens (tertiary/aromatic N) is 1. The molecule has 1 aliphatic rings. The van der Waals surface area contributed by atoms with E-state index in [-0.39, 0.29) is 11.4 Å². The second-order valence-corrected chi connectivity index (χ2v) is 5.71. The second-order valence-electron chi connectivity index (χ2n) is 5.71. The van der Waals surface area contributed by atoms with E-state index >= 15 is 0 Å². The fraction of sp³-hybridized carbons (Fsp3) is 0.375. The molecule has 0 fully saturated rings. The molecule has 0 bridgehead atoms. The standard InChI is InChI=1S/C16H19N3O/c1-16(7-3-2-4-8-16)19-14(20)10-12-11-18-15-13(12)6-5-9-17-15/h2-3,5-6,9,11H,4,7-8,10H2,1H3,(H,17,18)(H,19,20). The summed E-state index contributed by atoms with van der Waals surface area (Å²) in [7, 11) is 0. The maximum absolute atomic E-state index is 12.3. The van der Waals surface area contributed by atoms with Crippen molar-refractivity contribution in [1.82, 2.24) is 15.3 Å². The van der Waals surface area contributed by atoms with Crippen LogP contribution in [0.3, 0.4) is 0 Å². The molecule has 0 saturated heterocycles. The number of pyridine rings is 1. The van der Waals surface area contributed by atoms with Crippen LogP contribution in [-0.2, 0) is 11.2 Å². The number of rotatable bonds is 3. The number of carbonyl (C=O) groups excluding carboxylic acids is 1. The molecule has 0 aliphatic heterocycles. The van der Waals surface area contributed by atoms with Crippen molar-refractivity contribution in [1.29, 1.82) is 0 Å². The van der Waals surface area contributed by atoms with Gasteiger partial charge in [-0.2, -0.15) is 0 Å². The molecule has 104 valence electrons. The van der Waals surface area contributed by atoms with Crippen molar-refractivity contribution in [3.05, 3.63) is 42.2 Å². The van der Waals surface area contributed by atoms with Crippen LogP contribution < -0.4 is 5.32 Å². The lowest BCUT2D eigenvalue weighted by molar-refractivity contribution is -0.122. The van der Waals surface area contributed by atoms with E-state index in [1.165, 1.54) is 0 Å². The Morgan fingerprint density at radius 1 is 1.50 bits per heavy atom. The molecule has 0 radical (unpaired) electrons. The number of nitrogens with one attached hydrogen (secondary N) is 2. The lowest BCUT2D eigenvalue weighted by atomic mass is 9.87. The number of allylic oxidation sites excluding steroid dienone is 1. The van der Waals surface area contributed by atoms with Gasteiger partial charge >= 0.3 is 0 Å². The van der Waals surface area contributed by atoms with Crippen molar-refractivity contribution in [2.45, 2.75) is 38.1 Å². The Hall–Kier alpha value is -2.10. The molecule has 0 spiro atoms. The molecule has 0 aromatic carbocycles. The Labute approximate surface area is 118 Å². The van der Waals surface area contributed by atoms with E-state index in [0.29, 0.717) is 6.42 Å². The van der Waals surface area contributed by atoms with Gasteiger partial charge in [0.05, 0.1) is 6.42 Å². The molecule has 1 aliphatic carbocycles. The number of aromatic amines is 1. The molecule has 2 aromatic heterocycles. The van der Waals surface area contributed by atoms with Crippen molar-refractivity contribution in [3.63, 3.8) is 0 Å². The van der Waals surface area contributed by atoms with Gasteiger partial charge in [-0.05, 0) is 43.9 Å². The van der Waals surface area contributed by atoms with Gasteiger partial charge in [0.25, 0.3) is 0 Å². The largest absolute Gasteiger partial charge is 0.350 e. The van der Waals surface area contributed by atoms with Crippen molar-refractivity contribution in [2.75, 3.05) is 0 Å². The van der Waals surface area contributed by atoms with Gasteiger partial charge in [0.15, 0.2) is 0 Å². The van der Waals surface area contributed by atoms with Gasteiger partial charge in [-0.3, -0.25) is 4.79 Å². The van der Waals surface area contributed by atoms with Crippen LogP contribution in [0.1, 0.15) is 31.7 Å². The number of hydrogen-bond donors (Lipinski definition) is 2. The van der Waals surface area contributed by atoms with Crippen molar-refractivity contribution in [2.24, 2.45) is 0 Å². The molecule has 3 rings (SSSR count). The highest BCUT2D eigenvalue weighted by molar-refractivity contribution is 5.87. The van der Waals surface area contributed by atoms with E-state index in [1.807, 2.05) is 18.3 Å². The minimum atomic E-state index is -0.101. The predicted molar refractivity (Wildman–Crippen MR) is 79.3 cm³/mol. The Kier molecular flexibility index (Phi) is 3.30. The third-order valence-electron chi connectivity index (χ3n) is 3.93. The van der Waals surface area contributed by atoms with Crippen molar-refractivity contribution in [3.8, 4) is 0 Å². The van der Waals surface area contributed by atoms with Crippen LogP contribution in [-0.4, -0.2) is 21.4 Å². The van der Waals surface area contributed by atoms with Crippen LogP contribution in [0.2, 0.25) is 0 Å². The molecule has 4 heteroatoms. The number of amides is 1. The second kappa shape index (κ2) is 5.12. The third-order valence-corrected chi connectivity index (χ3v) is 3.93. The number of carbonyl (C=O) groups is 1. The summed E-state index contributed by atoms with van der Waals surface area (Å²) in [5.74, 6) is 0.0764. The van der Waals surface area contributed by atoms with Crippen LogP contribution in [0.5, 0.6) is 0 Å². The van der Waals surface area contributed by atoms with Gasteiger partial charge < -0.3 is 10.3 Å². The van der Waals surface area contributed by atoms with Gasteiger partial charge in [0.2, 0.25) is 5.91 Å². The number of H-pyrrole nitrogens is 1. The van der Waals surface area contributed by atoms with Crippen molar-refractivity contribution >= 4 is 16.9 Å². The molecule has 2 aromatic rings. The van der Waals surface area contributed by atoms with E-state index in [9.17, 15) is 4.79 Å².